The van der Waals surface area contributed by atoms with E-state index in [1.54, 1.807) is 0 Å². The highest BCUT2D eigenvalue weighted by Gasteiger charge is 2.44. The Balaban J connectivity index is 2.11. The van der Waals surface area contributed by atoms with E-state index in [-0.39, 0.29) is 12.0 Å². The topological polar surface area (TPSA) is 72.5 Å². The number of hydrogen-bond donors (Lipinski definition) is 0. The Morgan fingerprint density at radius 3 is 2.59 bits per heavy atom. The molecule has 4 nitrogen and oxygen atoms in total. The summed E-state index contributed by atoms with van der Waals surface area (Å²) in [5, 5.41) is 12.4. The zero-order valence-electron chi connectivity index (χ0n) is 9.22. The Morgan fingerprint density at radius 2 is 2.06 bits per heavy atom. The van der Waals surface area contributed by atoms with Gasteiger partial charge in [-0.2, -0.15) is 5.26 Å². The maximum absolute atomic E-state index is 9.06. The summed E-state index contributed by atoms with van der Waals surface area (Å²) in [6.45, 7) is 0.181. The fourth-order valence-corrected chi connectivity index (χ4v) is 1.67. The molecule has 0 N–H and O–H groups in total. The van der Waals surface area contributed by atoms with Crippen LogP contribution in [-0.2, 0) is 5.41 Å². The van der Waals surface area contributed by atoms with Crippen molar-refractivity contribution in [2.75, 3.05) is 6.54 Å². The first-order valence-electron chi connectivity index (χ1n) is 5.32. The molecule has 0 saturated heterocycles. The molecule has 1 aliphatic rings. The molecule has 82 valence electrons. The molecule has 1 aromatic carbocycles. The molecule has 1 aliphatic carbocycles. The molecular formula is C13H10N4. The molecule has 0 atom stereocenters. The fraction of sp³-hybridized carbons (Fsp3) is 0.308. The van der Waals surface area contributed by atoms with Crippen LogP contribution in [-0.4, -0.2) is 6.54 Å². The zero-order chi connectivity index (χ0) is 12.1. The zero-order valence-corrected chi connectivity index (χ0v) is 9.22. The summed E-state index contributed by atoms with van der Waals surface area (Å²) in [4.78, 5) is 2.62. The summed E-state index contributed by atoms with van der Waals surface area (Å²) >= 11 is 0. The lowest BCUT2D eigenvalue weighted by molar-refractivity contribution is 0.908. The maximum atomic E-state index is 9.06. The van der Waals surface area contributed by atoms with E-state index in [9.17, 15) is 0 Å². The van der Waals surface area contributed by atoms with Crippen molar-refractivity contribution in [2.24, 2.45) is 5.11 Å². The van der Waals surface area contributed by atoms with E-state index in [2.05, 4.69) is 27.9 Å². The molecule has 4 heteroatoms. The van der Waals surface area contributed by atoms with E-state index < -0.39 is 0 Å². The first kappa shape index (κ1) is 11.1. The second-order valence-corrected chi connectivity index (χ2v) is 3.96. The van der Waals surface area contributed by atoms with Crippen molar-refractivity contribution in [3.63, 3.8) is 0 Å². The summed E-state index contributed by atoms with van der Waals surface area (Å²) in [6, 6.07) is 10.1. The van der Waals surface area contributed by atoms with Gasteiger partial charge in [-0.05, 0) is 36.1 Å². The van der Waals surface area contributed by atoms with Crippen LogP contribution < -0.4 is 0 Å². The van der Waals surface area contributed by atoms with Gasteiger partial charge in [-0.15, -0.1) is 0 Å². The van der Waals surface area contributed by atoms with Crippen molar-refractivity contribution >= 4 is 0 Å². The van der Waals surface area contributed by atoms with E-state index in [0.717, 1.165) is 24.0 Å². The molecule has 0 radical (unpaired) electrons. The quantitative estimate of drug-likeness (QED) is 0.328. The molecule has 0 aromatic heterocycles. The van der Waals surface area contributed by atoms with Gasteiger partial charge in [0.1, 0.15) is 0 Å². The number of hydrogen-bond acceptors (Lipinski definition) is 2. The molecule has 0 aliphatic heterocycles. The first-order valence-corrected chi connectivity index (χ1v) is 5.32. The molecule has 0 bridgehead atoms. The molecule has 1 fully saturated rings. The molecule has 2 rings (SSSR count). The van der Waals surface area contributed by atoms with Gasteiger partial charge in [0, 0.05) is 10.5 Å². The number of nitriles is 1. The van der Waals surface area contributed by atoms with Gasteiger partial charge >= 0.3 is 0 Å². The number of nitrogens with zero attached hydrogens (tertiary/aromatic N) is 4. The molecule has 17 heavy (non-hydrogen) atoms. The highest BCUT2D eigenvalue weighted by molar-refractivity contribution is 5.43. The minimum atomic E-state index is -0.239. The number of rotatable bonds is 2. The van der Waals surface area contributed by atoms with Crippen molar-refractivity contribution in [3.05, 3.63) is 45.8 Å². The van der Waals surface area contributed by atoms with E-state index in [0.29, 0.717) is 0 Å². The van der Waals surface area contributed by atoms with Crippen LogP contribution >= 0.6 is 0 Å². The van der Waals surface area contributed by atoms with Gasteiger partial charge in [0.15, 0.2) is 0 Å². The van der Waals surface area contributed by atoms with E-state index in [4.69, 9.17) is 10.8 Å². The highest BCUT2D eigenvalue weighted by Crippen LogP contribution is 2.47. The van der Waals surface area contributed by atoms with Crippen LogP contribution in [0.3, 0.4) is 0 Å². The standard InChI is InChI=1S/C13H10N4/c14-10-13(7-8-13)12-5-3-11(4-6-12)2-1-9-16-17-15/h3-6H,7-9H2. The second-order valence-electron chi connectivity index (χ2n) is 3.96. The average molecular weight is 222 g/mol. The van der Waals surface area contributed by atoms with E-state index in [1.807, 2.05) is 24.3 Å². The Labute approximate surface area is 99.5 Å². The van der Waals surface area contributed by atoms with Crippen LogP contribution in [0.5, 0.6) is 0 Å². The van der Waals surface area contributed by atoms with Crippen molar-refractivity contribution in [1.29, 1.82) is 5.26 Å². The van der Waals surface area contributed by atoms with Crippen LogP contribution in [0.25, 0.3) is 10.4 Å². The SMILES string of the molecule is N#CC1(c2ccc(C#CCN=[N+]=[N-])cc2)CC1. The number of benzene rings is 1. The molecule has 1 aromatic rings. The van der Waals surface area contributed by atoms with Gasteiger partial charge in [0.2, 0.25) is 0 Å². The van der Waals surface area contributed by atoms with Gasteiger partial charge in [-0.25, -0.2) is 0 Å². The van der Waals surface area contributed by atoms with Crippen LogP contribution in [0.1, 0.15) is 24.0 Å². The molecule has 1 saturated carbocycles. The van der Waals surface area contributed by atoms with Gasteiger partial charge in [-0.1, -0.05) is 29.1 Å². The summed E-state index contributed by atoms with van der Waals surface area (Å²) in [5.41, 5.74) is 9.79. The molecular weight excluding hydrogens is 212 g/mol. The molecule has 0 heterocycles. The minimum absolute atomic E-state index is 0.181. The third-order valence-electron chi connectivity index (χ3n) is 2.85. The minimum Gasteiger partial charge on any atom is -0.197 e. The summed E-state index contributed by atoms with van der Waals surface area (Å²) in [5.74, 6) is 5.65. The van der Waals surface area contributed by atoms with Crippen LogP contribution in [0.4, 0.5) is 0 Å². The van der Waals surface area contributed by atoms with Crippen LogP contribution in [0.2, 0.25) is 0 Å². The Bertz CT molecular complexity index is 558. The maximum Gasteiger partial charge on any atom is 0.0880 e. The van der Waals surface area contributed by atoms with E-state index in [1.165, 1.54) is 0 Å². The Hall–Kier alpha value is -2.42. The van der Waals surface area contributed by atoms with Crippen LogP contribution in [0.15, 0.2) is 29.4 Å². The predicted molar refractivity (Wildman–Crippen MR) is 63.9 cm³/mol. The average Bonchev–Trinajstić information content (AvgIpc) is 3.16. The lowest BCUT2D eigenvalue weighted by atomic mass is 9.97. The normalized spacial score (nSPS) is 14.8. The van der Waals surface area contributed by atoms with Crippen LogP contribution in [0, 0.1) is 23.2 Å². The fourth-order valence-electron chi connectivity index (χ4n) is 1.67. The van der Waals surface area contributed by atoms with E-state index >= 15 is 0 Å². The lowest BCUT2D eigenvalue weighted by Gasteiger charge is -2.04. The summed E-state index contributed by atoms with van der Waals surface area (Å²) in [7, 11) is 0. The number of azide groups is 1. The van der Waals surface area contributed by atoms with Crippen molar-refractivity contribution in [1.82, 2.24) is 0 Å². The van der Waals surface area contributed by atoms with Gasteiger partial charge in [0.25, 0.3) is 0 Å². The molecule has 0 spiro atoms. The van der Waals surface area contributed by atoms with Crippen molar-refractivity contribution in [2.45, 2.75) is 18.3 Å². The summed E-state index contributed by atoms with van der Waals surface area (Å²) in [6.07, 6.45) is 1.90. The lowest BCUT2D eigenvalue weighted by Crippen LogP contribution is -2.01. The highest BCUT2D eigenvalue weighted by atomic mass is 15.1. The second kappa shape index (κ2) is 4.61. The molecule has 0 unspecified atom stereocenters. The Kier molecular flexibility index (Phi) is 3.01. The first-order chi connectivity index (χ1) is 8.30. The van der Waals surface area contributed by atoms with Crippen molar-refractivity contribution in [3.8, 4) is 17.9 Å². The van der Waals surface area contributed by atoms with Gasteiger partial charge in [0.05, 0.1) is 18.0 Å². The Morgan fingerprint density at radius 1 is 1.35 bits per heavy atom. The largest absolute Gasteiger partial charge is 0.197 e. The third-order valence-corrected chi connectivity index (χ3v) is 2.85. The van der Waals surface area contributed by atoms with Gasteiger partial charge < -0.3 is 0 Å². The smallest absolute Gasteiger partial charge is 0.0880 e. The van der Waals surface area contributed by atoms with Gasteiger partial charge in [-0.3, -0.25) is 0 Å². The third kappa shape index (κ3) is 2.39. The summed E-state index contributed by atoms with van der Waals surface area (Å²) < 4.78 is 0. The van der Waals surface area contributed by atoms with Crippen molar-refractivity contribution < 1.29 is 0 Å². The predicted octanol–water partition coefficient (Wildman–Crippen LogP) is 2.90. The molecule has 0 amide bonds. The monoisotopic (exact) mass is 222 g/mol.